The zero-order valence-electron chi connectivity index (χ0n) is 11.6. The second kappa shape index (κ2) is 6.06. The number of aliphatic carboxylic acids is 1. The van der Waals surface area contributed by atoms with Crippen molar-refractivity contribution in [2.24, 2.45) is 5.92 Å². The van der Waals surface area contributed by atoms with Crippen molar-refractivity contribution in [3.8, 4) is 0 Å². The molecule has 1 aliphatic heterocycles. The minimum Gasteiger partial charge on any atom is -0.481 e. The number of carboxylic acids is 1. The van der Waals surface area contributed by atoms with Gasteiger partial charge in [0.2, 0.25) is 0 Å². The highest BCUT2D eigenvalue weighted by molar-refractivity contribution is 5.67. The first kappa shape index (κ1) is 13.9. The fourth-order valence-corrected chi connectivity index (χ4v) is 2.53. The van der Waals surface area contributed by atoms with Crippen LogP contribution in [0.3, 0.4) is 0 Å². The Hall–Kier alpha value is -1.55. The van der Waals surface area contributed by atoms with E-state index in [9.17, 15) is 4.79 Å². The normalized spacial score (nSPS) is 24.0. The molecular weight excluding hydrogens is 240 g/mol. The van der Waals surface area contributed by atoms with Crippen molar-refractivity contribution in [1.82, 2.24) is 5.32 Å². The Bertz CT molecular complexity index is 430. The first-order chi connectivity index (χ1) is 9.04. The second-order valence-corrected chi connectivity index (χ2v) is 5.55. The molecule has 0 aliphatic carbocycles. The molecule has 4 heteroatoms. The van der Waals surface area contributed by atoms with Gasteiger partial charge in [-0.25, -0.2) is 0 Å². The Labute approximate surface area is 114 Å². The number of anilines is 1. The molecule has 104 valence electrons. The first-order valence-electron chi connectivity index (χ1n) is 6.81. The Morgan fingerprint density at radius 1 is 1.37 bits per heavy atom. The predicted octanol–water partition coefficient (Wildman–Crippen LogP) is 1.88. The fourth-order valence-electron chi connectivity index (χ4n) is 2.53. The van der Waals surface area contributed by atoms with Gasteiger partial charge < -0.3 is 15.3 Å². The molecular formula is C15H22N2O2. The number of nitrogens with one attached hydrogen (secondary N) is 1. The van der Waals surface area contributed by atoms with Gasteiger partial charge in [-0.05, 0) is 31.5 Å². The quantitative estimate of drug-likeness (QED) is 0.873. The number of nitrogens with zero attached hydrogens (tertiary/aromatic N) is 1. The van der Waals surface area contributed by atoms with Gasteiger partial charge in [0, 0.05) is 24.8 Å². The summed E-state index contributed by atoms with van der Waals surface area (Å²) in [6, 6.07) is 8.45. The molecule has 1 heterocycles. The molecule has 4 nitrogen and oxygen atoms in total. The monoisotopic (exact) mass is 262 g/mol. The first-order valence-corrected chi connectivity index (χ1v) is 6.81. The predicted molar refractivity (Wildman–Crippen MR) is 76.6 cm³/mol. The third kappa shape index (κ3) is 3.96. The molecule has 0 saturated carbocycles. The summed E-state index contributed by atoms with van der Waals surface area (Å²) < 4.78 is 0. The Morgan fingerprint density at radius 3 is 2.68 bits per heavy atom. The van der Waals surface area contributed by atoms with Crippen molar-refractivity contribution in [3.05, 3.63) is 29.8 Å². The molecule has 2 N–H and O–H groups in total. The van der Waals surface area contributed by atoms with Crippen LogP contribution in [0.5, 0.6) is 0 Å². The van der Waals surface area contributed by atoms with Crippen LogP contribution in [0.1, 0.15) is 18.9 Å². The molecule has 1 saturated heterocycles. The van der Waals surface area contributed by atoms with Gasteiger partial charge in [0.1, 0.15) is 0 Å². The van der Waals surface area contributed by atoms with Gasteiger partial charge in [-0.1, -0.05) is 24.6 Å². The zero-order chi connectivity index (χ0) is 13.8. The number of carbonyl (C=O) groups is 1. The minimum absolute atomic E-state index is 0.0174. The van der Waals surface area contributed by atoms with Crippen LogP contribution in [0.25, 0.3) is 0 Å². The Kier molecular flexibility index (Phi) is 4.43. The molecule has 1 aromatic carbocycles. The van der Waals surface area contributed by atoms with E-state index in [4.69, 9.17) is 5.11 Å². The van der Waals surface area contributed by atoms with E-state index in [1.54, 1.807) is 0 Å². The lowest BCUT2D eigenvalue weighted by molar-refractivity contribution is -0.137. The number of hydrogen-bond acceptors (Lipinski definition) is 3. The van der Waals surface area contributed by atoms with Gasteiger partial charge >= 0.3 is 5.97 Å². The highest BCUT2D eigenvalue weighted by atomic mass is 16.4. The summed E-state index contributed by atoms with van der Waals surface area (Å²) in [5.41, 5.74) is 2.42. The van der Waals surface area contributed by atoms with E-state index in [0.29, 0.717) is 5.92 Å². The van der Waals surface area contributed by atoms with Crippen LogP contribution in [0.2, 0.25) is 0 Å². The van der Waals surface area contributed by atoms with Crippen LogP contribution in [-0.2, 0) is 4.79 Å². The van der Waals surface area contributed by atoms with Gasteiger partial charge in [0.05, 0.1) is 6.42 Å². The van der Waals surface area contributed by atoms with Crippen LogP contribution >= 0.6 is 0 Å². The SMILES string of the molecule is Cc1ccc(N2CC(C)CNC(CC(=O)O)C2)cc1. The molecule has 0 radical (unpaired) electrons. The lowest BCUT2D eigenvalue weighted by atomic mass is 10.1. The van der Waals surface area contributed by atoms with E-state index < -0.39 is 5.97 Å². The van der Waals surface area contributed by atoms with Crippen LogP contribution in [0.15, 0.2) is 24.3 Å². The number of hydrogen-bond donors (Lipinski definition) is 2. The van der Waals surface area contributed by atoms with E-state index >= 15 is 0 Å². The average Bonchev–Trinajstić information content (AvgIpc) is 2.52. The van der Waals surface area contributed by atoms with Crippen molar-refractivity contribution >= 4 is 11.7 Å². The van der Waals surface area contributed by atoms with E-state index in [1.807, 2.05) is 0 Å². The molecule has 19 heavy (non-hydrogen) atoms. The van der Waals surface area contributed by atoms with Gasteiger partial charge in [-0.15, -0.1) is 0 Å². The maximum Gasteiger partial charge on any atom is 0.304 e. The number of benzene rings is 1. The molecule has 1 fully saturated rings. The summed E-state index contributed by atoms with van der Waals surface area (Å²) in [6.07, 6.45) is 0.176. The molecule has 1 aromatic rings. The highest BCUT2D eigenvalue weighted by Gasteiger charge is 2.23. The van der Waals surface area contributed by atoms with E-state index in [0.717, 1.165) is 19.6 Å². The lowest BCUT2D eigenvalue weighted by Crippen LogP contribution is -2.39. The third-order valence-electron chi connectivity index (χ3n) is 3.55. The fraction of sp³-hybridized carbons (Fsp3) is 0.533. The van der Waals surface area contributed by atoms with Gasteiger partial charge in [0.25, 0.3) is 0 Å². The standard InChI is InChI=1S/C15H22N2O2/c1-11-3-5-14(6-4-11)17-9-12(2)8-16-13(10-17)7-15(18)19/h3-6,12-13,16H,7-10H2,1-2H3,(H,18,19). The van der Waals surface area contributed by atoms with Crippen molar-refractivity contribution in [2.75, 3.05) is 24.5 Å². The van der Waals surface area contributed by atoms with Gasteiger partial charge in [-0.2, -0.15) is 0 Å². The summed E-state index contributed by atoms with van der Waals surface area (Å²) in [5, 5.41) is 12.3. The van der Waals surface area contributed by atoms with Crippen molar-refractivity contribution in [2.45, 2.75) is 26.3 Å². The molecule has 0 aromatic heterocycles. The topological polar surface area (TPSA) is 52.6 Å². The molecule has 1 aliphatic rings. The largest absolute Gasteiger partial charge is 0.481 e. The maximum absolute atomic E-state index is 10.9. The number of carboxylic acid groups (broad SMARTS) is 1. The van der Waals surface area contributed by atoms with Crippen LogP contribution < -0.4 is 10.2 Å². The third-order valence-corrected chi connectivity index (χ3v) is 3.55. The van der Waals surface area contributed by atoms with E-state index in [2.05, 4.69) is 48.3 Å². The minimum atomic E-state index is -0.740. The summed E-state index contributed by atoms with van der Waals surface area (Å²) in [4.78, 5) is 13.2. The molecule has 2 atom stereocenters. The van der Waals surface area contributed by atoms with Crippen LogP contribution in [0, 0.1) is 12.8 Å². The van der Waals surface area contributed by atoms with Crippen molar-refractivity contribution < 1.29 is 9.90 Å². The molecule has 0 spiro atoms. The van der Waals surface area contributed by atoms with Crippen LogP contribution in [0.4, 0.5) is 5.69 Å². The summed E-state index contributed by atoms with van der Waals surface area (Å²) in [5.74, 6) is -0.226. The van der Waals surface area contributed by atoms with Gasteiger partial charge in [-0.3, -0.25) is 4.79 Å². The van der Waals surface area contributed by atoms with Crippen molar-refractivity contribution in [1.29, 1.82) is 0 Å². The molecule has 2 rings (SSSR count). The summed E-state index contributed by atoms with van der Waals surface area (Å²) >= 11 is 0. The Morgan fingerprint density at radius 2 is 2.05 bits per heavy atom. The van der Waals surface area contributed by atoms with Gasteiger partial charge in [0.15, 0.2) is 0 Å². The van der Waals surface area contributed by atoms with Crippen LogP contribution in [-0.4, -0.2) is 36.8 Å². The van der Waals surface area contributed by atoms with E-state index in [-0.39, 0.29) is 12.5 Å². The number of aryl methyl sites for hydroxylation is 1. The molecule has 0 amide bonds. The zero-order valence-corrected chi connectivity index (χ0v) is 11.6. The molecule has 0 bridgehead atoms. The molecule has 2 unspecified atom stereocenters. The smallest absolute Gasteiger partial charge is 0.304 e. The summed E-state index contributed by atoms with van der Waals surface area (Å²) in [6.45, 7) is 6.85. The highest BCUT2D eigenvalue weighted by Crippen LogP contribution is 2.19. The van der Waals surface area contributed by atoms with Crippen molar-refractivity contribution in [3.63, 3.8) is 0 Å². The summed E-state index contributed by atoms with van der Waals surface area (Å²) in [7, 11) is 0. The average molecular weight is 262 g/mol. The van der Waals surface area contributed by atoms with E-state index in [1.165, 1.54) is 11.3 Å². The lowest BCUT2D eigenvalue weighted by Gasteiger charge is -2.27. The second-order valence-electron chi connectivity index (χ2n) is 5.55. The maximum atomic E-state index is 10.9. The number of rotatable bonds is 3. The Balaban J connectivity index is 2.12.